The number of rotatable bonds is 0. The molecule has 0 radical (unpaired) electrons. The summed E-state index contributed by atoms with van der Waals surface area (Å²) >= 11 is 0. The van der Waals surface area contributed by atoms with Crippen molar-refractivity contribution in [2.24, 2.45) is 4.99 Å². The fourth-order valence-electron chi connectivity index (χ4n) is 0.285. The standard InChI is InChI=1S/C4H3NO.C2HF3O2/c6-4-2-1-3-5-4;3-2(4,5)1(6)7/h1-3H;(H,6,7). The molecule has 1 aliphatic rings. The average molecular weight is 195 g/mol. The molecule has 13 heavy (non-hydrogen) atoms. The number of carboxylic acids is 1. The summed E-state index contributed by atoms with van der Waals surface area (Å²) in [6, 6.07) is 0. The first-order valence-electron chi connectivity index (χ1n) is 2.89. The zero-order chi connectivity index (χ0) is 10.5. The summed E-state index contributed by atoms with van der Waals surface area (Å²) in [7, 11) is 0. The van der Waals surface area contributed by atoms with Crippen molar-refractivity contribution in [2.45, 2.75) is 6.18 Å². The Balaban J connectivity index is 0.000000223. The first kappa shape index (κ1) is 11.3. The van der Waals surface area contributed by atoms with Gasteiger partial charge in [0.25, 0.3) is 5.91 Å². The lowest BCUT2D eigenvalue weighted by atomic mass is 10.6. The minimum absolute atomic E-state index is 0.157. The topological polar surface area (TPSA) is 66.7 Å². The largest absolute Gasteiger partial charge is 0.490 e. The van der Waals surface area contributed by atoms with Crippen molar-refractivity contribution < 1.29 is 27.9 Å². The lowest BCUT2D eigenvalue weighted by Gasteiger charge is -1.93. The van der Waals surface area contributed by atoms with Crippen molar-refractivity contribution in [2.75, 3.05) is 0 Å². The molecule has 0 aromatic carbocycles. The van der Waals surface area contributed by atoms with E-state index in [9.17, 15) is 18.0 Å². The molecule has 4 nitrogen and oxygen atoms in total. The fraction of sp³-hybridized carbons (Fsp3) is 0.167. The number of carbonyl (C=O) groups excluding carboxylic acids is 1. The van der Waals surface area contributed by atoms with Crippen molar-refractivity contribution in [3.63, 3.8) is 0 Å². The van der Waals surface area contributed by atoms with Crippen molar-refractivity contribution in [1.82, 2.24) is 0 Å². The van der Waals surface area contributed by atoms with Gasteiger partial charge in [0.05, 0.1) is 0 Å². The first-order chi connectivity index (χ1) is 5.84. The third kappa shape index (κ3) is 5.59. The summed E-state index contributed by atoms with van der Waals surface area (Å²) in [5, 5.41) is 7.12. The average Bonchev–Trinajstić information content (AvgIpc) is 2.38. The van der Waals surface area contributed by atoms with E-state index in [2.05, 4.69) is 4.99 Å². The summed E-state index contributed by atoms with van der Waals surface area (Å²) in [5.41, 5.74) is 0. The predicted molar refractivity (Wildman–Crippen MR) is 36.3 cm³/mol. The van der Waals surface area contributed by atoms with Crippen LogP contribution in [0.4, 0.5) is 13.2 Å². The molecule has 1 amide bonds. The molecule has 0 aromatic heterocycles. The molecule has 1 aliphatic heterocycles. The van der Waals surface area contributed by atoms with Crippen LogP contribution in [-0.4, -0.2) is 29.4 Å². The summed E-state index contributed by atoms with van der Waals surface area (Å²) in [5.74, 6) is -2.91. The number of nitrogens with zero attached hydrogens (tertiary/aromatic N) is 1. The van der Waals surface area contributed by atoms with Crippen LogP contribution in [-0.2, 0) is 9.59 Å². The Kier molecular flexibility index (Phi) is 3.83. The molecule has 0 bridgehead atoms. The van der Waals surface area contributed by atoms with Gasteiger partial charge in [-0.25, -0.2) is 9.79 Å². The number of aliphatic carboxylic acids is 1. The highest BCUT2D eigenvalue weighted by molar-refractivity contribution is 6.03. The molecule has 0 fully saturated rings. The second kappa shape index (κ2) is 4.39. The minimum Gasteiger partial charge on any atom is -0.475 e. The molecule has 7 heteroatoms. The van der Waals surface area contributed by atoms with E-state index in [4.69, 9.17) is 9.90 Å². The number of hydrogen-bond acceptors (Lipinski definition) is 2. The third-order valence-corrected chi connectivity index (χ3v) is 0.769. The Morgan fingerprint density at radius 2 is 1.92 bits per heavy atom. The maximum atomic E-state index is 10.6. The normalized spacial score (nSPS) is 13.9. The number of hydrogen-bond donors (Lipinski definition) is 1. The number of carboxylic acid groups (broad SMARTS) is 1. The Bertz CT molecular complexity index is 253. The van der Waals surface area contributed by atoms with Gasteiger partial charge in [-0.15, -0.1) is 0 Å². The van der Waals surface area contributed by atoms with Crippen LogP contribution in [0.25, 0.3) is 0 Å². The predicted octanol–water partition coefficient (Wildman–Crippen LogP) is 0.787. The summed E-state index contributed by atoms with van der Waals surface area (Å²) in [6.45, 7) is 0. The maximum absolute atomic E-state index is 10.6. The summed E-state index contributed by atoms with van der Waals surface area (Å²) in [6.07, 6.45) is -0.579. The number of amides is 1. The van der Waals surface area contributed by atoms with Gasteiger partial charge >= 0.3 is 12.1 Å². The second-order valence-electron chi connectivity index (χ2n) is 1.78. The van der Waals surface area contributed by atoms with Gasteiger partial charge in [0.15, 0.2) is 0 Å². The molecule has 0 saturated heterocycles. The van der Waals surface area contributed by atoms with Crippen molar-refractivity contribution in [3.8, 4) is 0 Å². The smallest absolute Gasteiger partial charge is 0.475 e. The SMILES string of the molecule is O=C(O)C(F)(F)F.O=C1C=CC=N1. The van der Waals surface area contributed by atoms with Gasteiger partial charge in [0.1, 0.15) is 0 Å². The van der Waals surface area contributed by atoms with E-state index in [0.717, 1.165) is 0 Å². The van der Waals surface area contributed by atoms with Crippen molar-refractivity contribution >= 4 is 18.1 Å². The van der Waals surface area contributed by atoms with Gasteiger partial charge in [-0.3, -0.25) is 4.79 Å². The van der Waals surface area contributed by atoms with Crippen LogP contribution in [0.3, 0.4) is 0 Å². The van der Waals surface area contributed by atoms with Gasteiger partial charge in [-0.1, -0.05) is 0 Å². The molecular formula is C6H4F3NO3. The monoisotopic (exact) mass is 195 g/mol. The van der Waals surface area contributed by atoms with Crippen LogP contribution >= 0.6 is 0 Å². The Morgan fingerprint density at radius 3 is 2.00 bits per heavy atom. The van der Waals surface area contributed by atoms with E-state index < -0.39 is 12.1 Å². The van der Waals surface area contributed by atoms with Crippen LogP contribution in [0, 0.1) is 0 Å². The van der Waals surface area contributed by atoms with Crippen LogP contribution in [0.5, 0.6) is 0 Å². The molecular weight excluding hydrogens is 191 g/mol. The highest BCUT2D eigenvalue weighted by atomic mass is 19.4. The number of halogens is 3. The highest BCUT2D eigenvalue weighted by Crippen LogP contribution is 2.13. The number of carbonyl (C=O) groups is 2. The summed E-state index contributed by atoms with van der Waals surface area (Å²) < 4.78 is 31.7. The van der Waals surface area contributed by atoms with E-state index in [1.807, 2.05) is 0 Å². The lowest BCUT2D eigenvalue weighted by molar-refractivity contribution is -0.192. The van der Waals surface area contributed by atoms with Crippen LogP contribution in [0.2, 0.25) is 0 Å². The molecule has 0 aromatic rings. The molecule has 1 rings (SSSR count). The van der Waals surface area contributed by atoms with Gasteiger partial charge in [-0.2, -0.15) is 13.2 Å². The van der Waals surface area contributed by atoms with Crippen molar-refractivity contribution in [1.29, 1.82) is 0 Å². The molecule has 0 atom stereocenters. The minimum atomic E-state index is -5.08. The number of allylic oxidation sites excluding steroid dienone is 1. The van der Waals surface area contributed by atoms with Gasteiger partial charge < -0.3 is 5.11 Å². The van der Waals surface area contributed by atoms with Gasteiger partial charge in [-0.05, 0) is 6.08 Å². The van der Waals surface area contributed by atoms with Crippen molar-refractivity contribution in [3.05, 3.63) is 12.2 Å². The van der Waals surface area contributed by atoms with Crippen LogP contribution in [0.15, 0.2) is 17.1 Å². The number of aliphatic imine (C=N–C) groups is 1. The van der Waals surface area contributed by atoms with E-state index >= 15 is 0 Å². The summed E-state index contributed by atoms with van der Waals surface area (Å²) in [4.78, 5) is 22.2. The molecule has 1 heterocycles. The fourth-order valence-corrected chi connectivity index (χ4v) is 0.285. The zero-order valence-electron chi connectivity index (χ0n) is 6.08. The molecule has 0 unspecified atom stereocenters. The lowest BCUT2D eigenvalue weighted by Crippen LogP contribution is -2.21. The molecule has 1 N–H and O–H groups in total. The molecule has 72 valence electrons. The third-order valence-electron chi connectivity index (χ3n) is 0.769. The van der Waals surface area contributed by atoms with Gasteiger partial charge in [0.2, 0.25) is 0 Å². The molecule has 0 spiro atoms. The Labute approximate surface area is 70.4 Å². The highest BCUT2D eigenvalue weighted by Gasteiger charge is 2.38. The van der Waals surface area contributed by atoms with Crippen LogP contribution < -0.4 is 0 Å². The molecule has 0 aliphatic carbocycles. The second-order valence-corrected chi connectivity index (χ2v) is 1.78. The maximum Gasteiger partial charge on any atom is 0.490 e. The Morgan fingerprint density at radius 1 is 1.46 bits per heavy atom. The quantitative estimate of drug-likeness (QED) is 0.621. The van der Waals surface area contributed by atoms with E-state index in [1.165, 1.54) is 12.3 Å². The molecule has 0 saturated carbocycles. The van der Waals surface area contributed by atoms with Gasteiger partial charge in [0, 0.05) is 12.3 Å². The van der Waals surface area contributed by atoms with E-state index in [1.54, 1.807) is 6.08 Å². The van der Waals surface area contributed by atoms with E-state index in [0.29, 0.717) is 0 Å². The number of alkyl halides is 3. The van der Waals surface area contributed by atoms with E-state index in [-0.39, 0.29) is 5.91 Å². The van der Waals surface area contributed by atoms with Crippen LogP contribution in [0.1, 0.15) is 0 Å². The Hall–Kier alpha value is -1.66. The zero-order valence-corrected chi connectivity index (χ0v) is 6.08. The first-order valence-corrected chi connectivity index (χ1v) is 2.89.